The molecule has 0 bridgehead atoms. The molecule has 0 aliphatic carbocycles. The van der Waals surface area contributed by atoms with E-state index in [2.05, 4.69) is 21.2 Å². The van der Waals surface area contributed by atoms with Crippen molar-refractivity contribution in [3.63, 3.8) is 0 Å². The molecule has 10 heteroatoms. The van der Waals surface area contributed by atoms with Crippen LogP contribution in [0, 0.1) is 6.92 Å². The molecule has 9 nitrogen and oxygen atoms in total. The van der Waals surface area contributed by atoms with Crippen LogP contribution in [0.1, 0.15) is 39.8 Å². The third-order valence-electron chi connectivity index (χ3n) is 6.27. The molecule has 1 saturated heterocycles. The molecule has 0 unspecified atom stereocenters. The quantitative estimate of drug-likeness (QED) is 0.447. The summed E-state index contributed by atoms with van der Waals surface area (Å²) < 4.78 is 4.21. The van der Waals surface area contributed by atoms with Gasteiger partial charge in [-0.1, -0.05) is 12.1 Å². The number of para-hydroxylation sites is 1. The highest BCUT2D eigenvalue weighted by Gasteiger charge is 2.28. The van der Waals surface area contributed by atoms with Crippen molar-refractivity contribution in [2.24, 2.45) is 0 Å². The number of amides is 1. The number of aromatic amines is 1. The largest absolute Gasteiger partial charge is 0.338 e. The predicted octanol–water partition coefficient (Wildman–Crippen LogP) is 3.15. The van der Waals surface area contributed by atoms with Gasteiger partial charge in [-0.3, -0.25) is 14.6 Å². The molecule has 0 saturated carbocycles. The van der Waals surface area contributed by atoms with Crippen molar-refractivity contribution in [1.82, 2.24) is 34.3 Å². The van der Waals surface area contributed by atoms with Gasteiger partial charge in [0.2, 0.25) is 5.95 Å². The van der Waals surface area contributed by atoms with E-state index in [0.29, 0.717) is 35.8 Å². The van der Waals surface area contributed by atoms with E-state index in [0.717, 1.165) is 23.4 Å². The number of hydrogen-bond donors (Lipinski definition) is 1. The second kappa shape index (κ2) is 7.66. The van der Waals surface area contributed by atoms with Crippen molar-refractivity contribution in [3.8, 4) is 5.95 Å². The third kappa shape index (κ3) is 3.34. The van der Waals surface area contributed by atoms with Gasteiger partial charge < -0.3 is 4.90 Å². The Hall–Kier alpha value is -3.79. The lowest BCUT2D eigenvalue weighted by Gasteiger charge is -2.31. The minimum Gasteiger partial charge on any atom is -0.338 e. The molecule has 0 radical (unpaired) electrons. The molecule has 5 aromatic rings. The fourth-order valence-corrected chi connectivity index (χ4v) is 5.56. The highest BCUT2D eigenvalue weighted by Crippen LogP contribution is 2.34. The second-order valence-corrected chi connectivity index (χ2v) is 9.32. The van der Waals surface area contributed by atoms with Crippen molar-refractivity contribution in [3.05, 3.63) is 75.4 Å². The number of piperidine rings is 1. The Morgan fingerprint density at radius 1 is 1.15 bits per heavy atom. The van der Waals surface area contributed by atoms with Crippen LogP contribution < -0.4 is 5.56 Å². The zero-order chi connectivity index (χ0) is 22.5. The van der Waals surface area contributed by atoms with Gasteiger partial charge in [-0.15, -0.1) is 16.4 Å². The number of rotatable bonds is 3. The Morgan fingerprint density at radius 3 is 2.79 bits per heavy atom. The van der Waals surface area contributed by atoms with Crippen LogP contribution in [0.3, 0.4) is 0 Å². The topological polar surface area (TPSA) is 101 Å². The minimum absolute atomic E-state index is 0.0501. The number of benzene rings is 1. The number of carbonyl (C=O) groups excluding carboxylic acids is 1. The number of aromatic nitrogens is 6. The maximum absolute atomic E-state index is 13.2. The molecular formula is C23H21N7O2S. The van der Waals surface area contributed by atoms with Crippen LogP contribution in [0.5, 0.6) is 0 Å². The summed E-state index contributed by atoms with van der Waals surface area (Å²) >= 11 is 1.75. The smallest absolute Gasteiger partial charge is 0.276 e. The summed E-state index contributed by atoms with van der Waals surface area (Å²) in [4.78, 5) is 35.0. The van der Waals surface area contributed by atoms with Gasteiger partial charge in [0.1, 0.15) is 5.52 Å². The van der Waals surface area contributed by atoms with E-state index in [4.69, 9.17) is 4.98 Å². The van der Waals surface area contributed by atoms with E-state index in [-0.39, 0.29) is 17.4 Å². The lowest BCUT2D eigenvalue weighted by molar-refractivity contribution is 0.0712. The number of likely N-dealkylation sites (tertiary alicyclic amines) is 1. The van der Waals surface area contributed by atoms with Crippen LogP contribution in [-0.4, -0.2) is 53.3 Å². The summed E-state index contributed by atoms with van der Waals surface area (Å²) in [5, 5.41) is 9.90. The monoisotopic (exact) mass is 459 g/mol. The molecule has 1 fully saturated rings. The summed E-state index contributed by atoms with van der Waals surface area (Å²) in [5.74, 6) is 0.596. The Bertz CT molecular complexity index is 1520. The normalized spacial score (nSPS) is 15.0. The van der Waals surface area contributed by atoms with Crippen LogP contribution in [0.2, 0.25) is 0 Å². The Labute approximate surface area is 192 Å². The number of nitrogens with one attached hydrogen (secondary N) is 1. The van der Waals surface area contributed by atoms with E-state index >= 15 is 0 Å². The summed E-state index contributed by atoms with van der Waals surface area (Å²) in [7, 11) is 0. The molecule has 166 valence electrons. The summed E-state index contributed by atoms with van der Waals surface area (Å²) in [6.07, 6.45) is 5.03. The van der Waals surface area contributed by atoms with Gasteiger partial charge in [-0.05, 0) is 44.0 Å². The van der Waals surface area contributed by atoms with Crippen LogP contribution in [0.25, 0.3) is 21.7 Å². The fraction of sp³-hybridized carbons (Fsp3) is 0.261. The summed E-state index contributed by atoms with van der Waals surface area (Å²) in [5.41, 5.74) is 2.40. The molecule has 1 aliphatic rings. The van der Waals surface area contributed by atoms with Gasteiger partial charge >= 0.3 is 0 Å². The van der Waals surface area contributed by atoms with E-state index < -0.39 is 0 Å². The number of hydrogen-bond acceptors (Lipinski definition) is 6. The molecule has 1 aromatic carbocycles. The average molecular weight is 460 g/mol. The lowest BCUT2D eigenvalue weighted by atomic mass is 9.97. The van der Waals surface area contributed by atoms with Crippen molar-refractivity contribution < 1.29 is 4.79 Å². The first-order valence-corrected chi connectivity index (χ1v) is 11.7. The Balaban J connectivity index is 1.20. The third-order valence-corrected chi connectivity index (χ3v) is 7.47. The second-order valence-electron chi connectivity index (χ2n) is 8.26. The van der Waals surface area contributed by atoms with Crippen molar-refractivity contribution in [2.75, 3.05) is 13.1 Å². The average Bonchev–Trinajstić information content (AvgIpc) is 3.56. The number of carbonyl (C=O) groups is 1. The first-order chi connectivity index (χ1) is 16.1. The molecule has 0 spiro atoms. The molecular weight excluding hydrogens is 438 g/mol. The van der Waals surface area contributed by atoms with E-state index in [1.807, 2.05) is 30.0 Å². The van der Waals surface area contributed by atoms with Crippen molar-refractivity contribution >= 4 is 33.0 Å². The zero-order valence-corrected chi connectivity index (χ0v) is 18.7. The van der Waals surface area contributed by atoms with Crippen molar-refractivity contribution in [1.29, 1.82) is 0 Å². The van der Waals surface area contributed by atoms with E-state index in [9.17, 15) is 9.59 Å². The van der Waals surface area contributed by atoms with Gasteiger partial charge in [0.25, 0.3) is 11.5 Å². The van der Waals surface area contributed by atoms with Gasteiger partial charge in [-0.2, -0.15) is 5.10 Å². The molecule has 6 rings (SSSR count). The Kier molecular flexibility index (Phi) is 4.61. The lowest BCUT2D eigenvalue weighted by Crippen LogP contribution is -2.38. The van der Waals surface area contributed by atoms with E-state index in [1.54, 1.807) is 35.9 Å². The van der Waals surface area contributed by atoms with Gasteiger partial charge in [0.05, 0.1) is 32.7 Å². The highest BCUT2D eigenvalue weighted by atomic mass is 32.1. The maximum atomic E-state index is 13.2. The number of thiazole rings is 1. The number of fused-ring (bicyclic) bond motifs is 2. The SMILES string of the molecule is Cc1c(C(=O)N2CCC(c3nc4ccccc4s3)CC2)cnn1-c1nn2cccc2c(=O)[nH]1. The van der Waals surface area contributed by atoms with Crippen LogP contribution >= 0.6 is 11.3 Å². The van der Waals surface area contributed by atoms with Gasteiger partial charge in [-0.25, -0.2) is 14.2 Å². The molecule has 33 heavy (non-hydrogen) atoms. The fourth-order valence-electron chi connectivity index (χ4n) is 4.42. The number of H-pyrrole nitrogens is 1. The molecule has 5 heterocycles. The number of nitrogens with zero attached hydrogens (tertiary/aromatic N) is 6. The molecule has 1 aliphatic heterocycles. The van der Waals surface area contributed by atoms with E-state index in [1.165, 1.54) is 13.9 Å². The van der Waals surface area contributed by atoms with Crippen LogP contribution in [0.15, 0.2) is 53.6 Å². The van der Waals surface area contributed by atoms with Crippen molar-refractivity contribution in [2.45, 2.75) is 25.7 Å². The van der Waals surface area contributed by atoms with Gasteiger partial charge in [0.15, 0.2) is 0 Å². The van der Waals surface area contributed by atoms with Crippen LogP contribution in [-0.2, 0) is 0 Å². The van der Waals surface area contributed by atoms with Crippen LogP contribution in [0.4, 0.5) is 0 Å². The molecule has 1 amide bonds. The zero-order valence-electron chi connectivity index (χ0n) is 17.9. The molecule has 0 atom stereocenters. The molecule has 4 aromatic heterocycles. The predicted molar refractivity (Wildman–Crippen MR) is 125 cm³/mol. The first kappa shape index (κ1) is 19.9. The standard InChI is InChI=1S/C23H21N7O2S/c1-14-16(13-24-30(14)23-26-20(31)18-6-4-10-29(18)27-23)22(32)28-11-8-15(9-12-28)21-25-17-5-2-3-7-19(17)33-21/h2-7,10,13,15H,8-9,11-12H2,1H3,(H,26,27,31). The minimum atomic E-state index is -0.260. The molecule has 1 N–H and O–H groups in total. The summed E-state index contributed by atoms with van der Waals surface area (Å²) in [6, 6.07) is 11.6. The first-order valence-electron chi connectivity index (χ1n) is 10.9. The van der Waals surface area contributed by atoms with Gasteiger partial charge in [0, 0.05) is 25.2 Å². The Morgan fingerprint density at radius 2 is 1.97 bits per heavy atom. The highest BCUT2D eigenvalue weighted by molar-refractivity contribution is 7.18. The summed E-state index contributed by atoms with van der Waals surface area (Å²) in [6.45, 7) is 3.16. The maximum Gasteiger partial charge on any atom is 0.276 e.